The molecule has 106 valence electrons. The molecule has 0 saturated carbocycles. The van der Waals surface area contributed by atoms with Crippen LogP contribution < -0.4 is 5.32 Å². The standard InChI is InChI=1S/C14H22N2O2S/c1-4-10(2)12(17)9-16-14(18)11(3)19-13-7-5-6-8-15-13/h5-8,10-12,17H,4,9H2,1-3H3,(H,16,18). The van der Waals surface area contributed by atoms with Crippen LogP contribution in [0.4, 0.5) is 0 Å². The Bertz CT molecular complexity index is 386. The molecule has 0 aliphatic carbocycles. The van der Waals surface area contributed by atoms with Crippen LogP contribution in [0.2, 0.25) is 0 Å². The normalized spacial score (nSPS) is 15.6. The first kappa shape index (κ1) is 16.0. The van der Waals surface area contributed by atoms with Gasteiger partial charge in [0.2, 0.25) is 5.91 Å². The van der Waals surface area contributed by atoms with E-state index in [1.54, 1.807) is 6.20 Å². The summed E-state index contributed by atoms with van der Waals surface area (Å²) in [6.07, 6.45) is 2.12. The molecule has 19 heavy (non-hydrogen) atoms. The van der Waals surface area contributed by atoms with E-state index in [0.717, 1.165) is 11.4 Å². The predicted octanol–water partition coefficient (Wildman–Crippen LogP) is 2.09. The molecule has 1 aromatic heterocycles. The van der Waals surface area contributed by atoms with E-state index in [4.69, 9.17) is 0 Å². The Labute approximate surface area is 119 Å². The van der Waals surface area contributed by atoms with Crippen molar-refractivity contribution in [2.45, 2.75) is 43.6 Å². The molecule has 0 saturated heterocycles. The third kappa shape index (κ3) is 5.61. The molecule has 0 fully saturated rings. The van der Waals surface area contributed by atoms with E-state index in [1.165, 1.54) is 11.8 Å². The number of nitrogens with zero attached hydrogens (tertiary/aromatic N) is 1. The lowest BCUT2D eigenvalue weighted by molar-refractivity contribution is -0.120. The molecule has 0 bridgehead atoms. The molecule has 3 unspecified atom stereocenters. The minimum atomic E-state index is -0.485. The number of aromatic nitrogens is 1. The topological polar surface area (TPSA) is 62.2 Å². The van der Waals surface area contributed by atoms with Gasteiger partial charge < -0.3 is 10.4 Å². The van der Waals surface area contributed by atoms with E-state index >= 15 is 0 Å². The van der Waals surface area contributed by atoms with Crippen molar-refractivity contribution in [2.75, 3.05) is 6.54 Å². The maximum Gasteiger partial charge on any atom is 0.233 e. The summed E-state index contributed by atoms with van der Waals surface area (Å²) in [6.45, 7) is 6.14. The number of thioether (sulfide) groups is 1. The summed E-state index contributed by atoms with van der Waals surface area (Å²) in [5.41, 5.74) is 0. The van der Waals surface area contributed by atoms with Crippen molar-refractivity contribution in [3.63, 3.8) is 0 Å². The van der Waals surface area contributed by atoms with Crippen LogP contribution in [0.5, 0.6) is 0 Å². The quantitative estimate of drug-likeness (QED) is 0.752. The van der Waals surface area contributed by atoms with E-state index in [1.807, 2.05) is 39.0 Å². The van der Waals surface area contributed by atoms with Crippen molar-refractivity contribution >= 4 is 17.7 Å². The summed E-state index contributed by atoms with van der Waals surface area (Å²) in [4.78, 5) is 16.1. The van der Waals surface area contributed by atoms with E-state index < -0.39 is 6.10 Å². The molecule has 0 aromatic carbocycles. The lowest BCUT2D eigenvalue weighted by Gasteiger charge is -2.19. The largest absolute Gasteiger partial charge is 0.391 e. The molecule has 0 aliphatic rings. The highest BCUT2D eigenvalue weighted by atomic mass is 32.2. The zero-order valence-electron chi connectivity index (χ0n) is 11.7. The van der Waals surface area contributed by atoms with Gasteiger partial charge in [0, 0.05) is 12.7 Å². The smallest absolute Gasteiger partial charge is 0.233 e. The first-order chi connectivity index (χ1) is 9.04. The number of aliphatic hydroxyl groups is 1. The van der Waals surface area contributed by atoms with E-state index in [0.29, 0.717) is 6.54 Å². The zero-order valence-corrected chi connectivity index (χ0v) is 12.5. The van der Waals surface area contributed by atoms with Gasteiger partial charge >= 0.3 is 0 Å². The van der Waals surface area contributed by atoms with Crippen molar-refractivity contribution in [3.8, 4) is 0 Å². The molecule has 0 radical (unpaired) electrons. The van der Waals surface area contributed by atoms with Gasteiger partial charge in [0.05, 0.1) is 16.4 Å². The van der Waals surface area contributed by atoms with Gasteiger partial charge in [0.15, 0.2) is 0 Å². The fraction of sp³-hybridized carbons (Fsp3) is 0.571. The fourth-order valence-corrected chi connectivity index (χ4v) is 2.31. The van der Waals surface area contributed by atoms with Crippen molar-refractivity contribution < 1.29 is 9.90 Å². The number of hydrogen-bond acceptors (Lipinski definition) is 4. The van der Waals surface area contributed by atoms with Gasteiger partial charge in [-0.05, 0) is 25.0 Å². The number of carbonyl (C=O) groups excluding carboxylic acids is 1. The summed E-state index contributed by atoms with van der Waals surface area (Å²) < 4.78 is 0. The van der Waals surface area contributed by atoms with Gasteiger partial charge in [-0.25, -0.2) is 4.98 Å². The van der Waals surface area contributed by atoms with Crippen LogP contribution in [0.1, 0.15) is 27.2 Å². The summed E-state index contributed by atoms with van der Waals surface area (Å²) >= 11 is 1.41. The van der Waals surface area contributed by atoms with Gasteiger partial charge in [-0.1, -0.05) is 38.1 Å². The van der Waals surface area contributed by atoms with Crippen molar-refractivity contribution in [3.05, 3.63) is 24.4 Å². The number of nitrogens with one attached hydrogen (secondary N) is 1. The van der Waals surface area contributed by atoms with Crippen LogP contribution in [0.15, 0.2) is 29.4 Å². The predicted molar refractivity (Wildman–Crippen MR) is 78.0 cm³/mol. The molecule has 0 spiro atoms. The van der Waals surface area contributed by atoms with Gasteiger partial charge in [0.1, 0.15) is 0 Å². The van der Waals surface area contributed by atoms with Crippen LogP contribution in [0.3, 0.4) is 0 Å². The monoisotopic (exact) mass is 282 g/mol. The molecule has 5 heteroatoms. The molecule has 1 amide bonds. The van der Waals surface area contributed by atoms with Crippen molar-refractivity contribution in [2.24, 2.45) is 5.92 Å². The van der Waals surface area contributed by atoms with Crippen LogP contribution in [-0.4, -0.2) is 33.9 Å². The Morgan fingerprint density at radius 2 is 2.21 bits per heavy atom. The average molecular weight is 282 g/mol. The number of hydrogen-bond donors (Lipinski definition) is 2. The van der Waals surface area contributed by atoms with Crippen LogP contribution in [-0.2, 0) is 4.79 Å². The first-order valence-electron chi connectivity index (χ1n) is 6.58. The Balaban J connectivity index is 2.37. The van der Waals surface area contributed by atoms with Crippen LogP contribution in [0.25, 0.3) is 0 Å². The summed E-state index contributed by atoms with van der Waals surface area (Å²) in [5.74, 6) is 0.122. The summed E-state index contributed by atoms with van der Waals surface area (Å²) in [5, 5.41) is 13.2. The fourth-order valence-electron chi connectivity index (χ4n) is 1.47. The van der Waals surface area contributed by atoms with Crippen molar-refractivity contribution in [1.29, 1.82) is 0 Å². The van der Waals surface area contributed by atoms with E-state index in [-0.39, 0.29) is 17.1 Å². The zero-order chi connectivity index (χ0) is 14.3. The maximum atomic E-state index is 11.9. The SMILES string of the molecule is CCC(C)C(O)CNC(=O)C(C)Sc1ccccn1. The molecule has 3 atom stereocenters. The maximum absolute atomic E-state index is 11.9. The number of carbonyl (C=O) groups is 1. The van der Waals surface area contributed by atoms with Crippen LogP contribution in [0, 0.1) is 5.92 Å². The Hall–Kier alpha value is -1.07. The number of aliphatic hydroxyl groups excluding tert-OH is 1. The third-order valence-corrected chi connectivity index (χ3v) is 4.14. The highest BCUT2D eigenvalue weighted by Gasteiger charge is 2.17. The highest BCUT2D eigenvalue weighted by Crippen LogP contribution is 2.20. The first-order valence-corrected chi connectivity index (χ1v) is 7.46. The molecule has 1 aromatic rings. The molecule has 4 nitrogen and oxygen atoms in total. The molecular formula is C14H22N2O2S. The van der Waals surface area contributed by atoms with Gasteiger partial charge in [-0.2, -0.15) is 0 Å². The highest BCUT2D eigenvalue weighted by molar-refractivity contribution is 8.00. The number of rotatable bonds is 7. The van der Waals surface area contributed by atoms with Crippen molar-refractivity contribution in [1.82, 2.24) is 10.3 Å². The second kappa shape index (κ2) is 8.17. The van der Waals surface area contributed by atoms with Gasteiger partial charge in [-0.3, -0.25) is 4.79 Å². The van der Waals surface area contributed by atoms with E-state index in [9.17, 15) is 9.90 Å². The second-order valence-corrected chi connectivity index (χ2v) is 5.99. The molecule has 1 heterocycles. The van der Waals surface area contributed by atoms with Crippen LogP contribution >= 0.6 is 11.8 Å². The number of amides is 1. The average Bonchev–Trinajstić information content (AvgIpc) is 2.44. The Morgan fingerprint density at radius 3 is 2.79 bits per heavy atom. The minimum Gasteiger partial charge on any atom is -0.391 e. The lowest BCUT2D eigenvalue weighted by Crippen LogP contribution is -2.38. The van der Waals surface area contributed by atoms with E-state index in [2.05, 4.69) is 10.3 Å². The summed E-state index contributed by atoms with van der Waals surface area (Å²) in [6, 6.07) is 5.62. The van der Waals surface area contributed by atoms with Gasteiger partial charge in [0.25, 0.3) is 0 Å². The Kier molecular flexibility index (Phi) is 6.87. The Morgan fingerprint density at radius 1 is 1.47 bits per heavy atom. The molecule has 1 rings (SSSR count). The molecule has 0 aliphatic heterocycles. The lowest BCUT2D eigenvalue weighted by atomic mass is 10.0. The third-order valence-electron chi connectivity index (χ3n) is 3.09. The molecule has 2 N–H and O–H groups in total. The molecular weight excluding hydrogens is 260 g/mol. The minimum absolute atomic E-state index is 0.0713. The number of pyridine rings is 1. The second-order valence-electron chi connectivity index (χ2n) is 4.63. The summed E-state index contributed by atoms with van der Waals surface area (Å²) in [7, 11) is 0. The van der Waals surface area contributed by atoms with Gasteiger partial charge in [-0.15, -0.1) is 0 Å².